The van der Waals surface area contributed by atoms with Crippen molar-refractivity contribution in [2.75, 3.05) is 20.9 Å². The zero-order valence-electron chi connectivity index (χ0n) is 17.6. The summed E-state index contributed by atoms with van der Waals surface area (Å²) in [4.78, 5) is 16.8. The topological polar surface area (TPSA) is 63.3 Å². The fraction of sp³-hybridized carbons (Fsp3) is 0.364. The van der Waals surface area contributed by atoms with E-state index in [9.17, 15) is 4.79 Å². The van der Waals surface area contributed by atoms with Gasteiger partial charge in [-0.05, 0) is 49.0 Å². The molecular weight excluding hydrogens is 473 g/mol. The number of benzene rings is 2. The summed E-state index contributed by atoms with van der Waals surface area (Å²) in [5.74, 6) is 1.18. The number of nitrogens with one attached hydrogen (secondary N) is 1. The van der Waals surface area contributed by atoms with E-state index in [1.807, 2.05) is 30.0 Å². The molecule has 7 nitrogen and oxygen atoms in total. The lowest BCUT2D eigenvalue weighted by atomic mass is 9.78. The summed E-state index contributed by atoms with van der Waals surface area (Å²) >= 11 is 18.5. The van der Waals surface area contributed by atoms with Gasteiger partial charge in [-0.2, -0.15) is 0 Å². The van der Waals surface area contributed by atoms with Gasteiger partial charge < -0.3 is 29.3 Å². The second-order valence-corrected chi connectivity index (χ2v) is 9.60. The highest BCUT2D eigenvalue weighted by Gasteiger charge is 2.59. The van der Waals surface area contributed by atoms with Crippen molar-refractivity contribution in [3.63, 3.8) is 0 Å². The van der Waals surface area contributed by atoms with Gasteiger partial charge in [0, 0.05) is 31.2 Å². The molecule has 10 heteroatoms. The Labute approximate surface area is 201 Å². The van der Waals surface area contributed by atoms with E-state index in [2.05, 4.69) is 5.32 Å². The quantitative estimate of drug-likeness (QED) is 0.648. The molecule has 2 aromatic rings. The van der Waals surface area contributed by atoms with Gasteiger partial charge in [-0.15, -0.1) is 0 Å². The van der Waals surface area contributed by atoms with E-state index >= 15 is 0 Å². The minimum atomic E-state index is -1.09. The summed E-state index contributed by atoms with van der Waals surface area (Å²) < 4.78 is 17.4. The molecule has 2 aromatic carbocycles. The second kappa shape index (κ2) is 7.57. The van der Waals surface area contributed by atoms with E-state index in [1.54, 1.807) is 31.1 Å². The lowest BCUT2D eigenvalue weighted by molar-refractivity contribution is -0.162. The Hall–Kier alpha value is -2.42. The normalized spacial score (nSPS) is 25.0. The molecule has 0 radical (unpaired) electrons. The van der Waals surface area contributed by atoms with Gasteiger partial charge in [0.1, 0.15) is 11.7 Å². The monoisotopic (exact) mass is 493 g/mol. The molecule has 0 aromatic heterocycles. The molecule has 0 spiro atoms. The van der Waals surface area contributed by atoms with Crippen molar-refractivity contribution >= 4 is 46.4 Å². The third-order valence-corrected chi connectivity index (χ3v) is 6.97. The van der Waals surface area contributed by atoms with Crippen molar-refractivity contribution in [1.82, 2.24) is 15.1 Å². The Kier molecular flexibility index (Phi) is 5.07. The Bertz CT molecular complexity index is 1140. The summed E-state index contributed by atoms with van der Waals surface area (Å²) in [6.07, 6.45) is 0. The molecule has 3 atom stereocenters. The molecule has 5 rings (SSSR count). The highest BCUT2D eigenvalue weighted by Crippen LogP contribution is 2.52. The zero-order valence-corrected chi connectivity index (χ0v) is 20.0. The first kappa shape index (κ1) is 21.4. The van der Waals surface area contributed by atoms with Crippen LogP contribution >= 0.6 is 35.4 Å². The average Bonchev–Trinajstić information content (AvgIpc) is 3.19. The predicted octanol–water partition coefficient (Wildman–Crippen LogP) is 3.97. The lowest BCUT2D eigenvalue weighted by Crippen LogP contribution is -2.71. The second-order valence-electron chi connectivity index (χ2n) is 8.37. The average molecular weight is 494 g/mol. The number of amides is 1. The fourth-order valence-electron chi connectivity index (χ4n) is 4.58. The number of ether oxygens (including phenoxy) is 3. The standard InChI is InChI=1S/C22H21Cl2N3O4S/c1-22-17(20(28)26(2)3)18(13-7-12(23)8-14(24)19(13)31-22)25-21(32)27(22)9-11-4-5-15-16(6-11)30-10-29-15/h4-8,17-18H,9-10H2,1-3H3,(H,25,32)/t17-,18-,22-/m0/s1. The van der Waals surface area contributed by atoms with Crippen LogP contribution in [0, 0.1) is 5.92 Å². The SMILES string of the molecule is CN(C)C(=O)[C@@H]1[C@H]2NC(=S)N(Cc3ccc4c(c3)OCO4)[C@@]1(C)Oc1c(Cl)cc(Cl)cc12. The molecule has 3 heterocycles. The fourth-order valence-corrected chi connectivity index (χ4v) is 5.50. The van der Waals surface area contributed by atoms with Gasteiger partial charge in [0.2, 0.25) is 12.7 Å². The molecular formula is C22H21Cl2N3O4S. The summed E-state index contributed by atoms with van der Waals surface area (Å²) in [5, 5.41) is 4.67. The van der Waals surface area contributed by atoms with Crippen LogP contribution in [-0.2, 0) is 11.3 Å². The molecule has 1 N–H and O–H groups in total. The van der Waals surface area contributed by atoms with Crippen LogP contribution in [-0.4, -0.2) is 47.4 Å². The largest absolute Gasteiger partial charge is 0.465 e. The smallest absolute Gasteiger partial charge is 0.233 e. The van der Waals surface area contributed by atoms with E-state index in [4.69, 9.17) is 49.6 Å². The first-order valence-electron chi connectivity index (χ1n) is 10.0. The Balaban J connectivity index is 1.60. The van der Waals surface area contributed by atoms with Crippen molar-refractivity contribution in [1.29, 1.82) is 0 Å². The third-order valence-electron chi connectivity index (χ3n) is 6.14. The van der Waals surface area contributed by atoms with Crippen LogP contribution in [0.4, 0.5) is 0 Å². The molecule has 1 saturated heterocycles. The molecule has 168 valence electrons. The van der Waals surface area contributed by atoms with Crippen LogP contribution in [0.3, 0.4) is 0 Å². The maximum atomic E-state index is 13.4. The van der Waals surface area contributed by atoms with Crippen LogP contribution in [0.25, 0.3) is 0 Å². The van der Waals surface area contributed by atoms with Gasteiger partial charge in [-0.1, -0.05) is 29.3 Å². The van der Waals surface area contributed by atoms with Crippen LogP contribution in [0.15, 0.2) is 30.3 Å². The van der Waals surface area contributed by atoms with Gasteiger partial charge in [0.25, 0.3) is 0 Å². The number of halogens is 2. The van der Waals surface area contributed by atoms with Crippen LogP contribution in [0.2, 0.25) is 10.0 Å². The van der Waals surface area contributed by atoms with Crippen molar-refractivity contribution in [2.24, 2.45) is 5.92 Å². The number of thiocarbonyl (C=S) groups is 1. The molecule has 3 aliphatic heterocycles. The molecule has 2 bridgehead atoms. The van der Waals surface area contributed by atoms with E-state index in [0.29, 0.717) is 44.5 Å². The maximum absolute atomic E-state index is 13.4. The number of nitrogens with zero attached hydrogens (tertiary/aromatic N) is 2. The Morgan fingerprint density at radius 3 is 2.75 bits per heavy atom. The lowest BCUT2D eigenvalue weighted by Gasteiger charge is -2.56. The van der Waals surface area contributed by atoms with Crippen LogP contribution in [0.1, 0.15) is 24.1 Å². The highest BCUT2D eigenvalue weighted by atomic mass is 35.5. The Morgan fingerprint density at radius 1 is 1.25 bits per heavy atom. The summed E-state index contributed by atoms with van der Waals surface area (Å²) in [5.41, 5.74) is 0.561. The van der Waals surface area contributed by atoms with Crippen molar-refractivity contribution in [2.45, 2.75) is 25.2 Å². The number of hydrogen-bond acceptors (Lipinski definition) is 5. The number of fused-ring (bicyclic) bond motifs is 5. The van der Waals surface area contributed by atoms with E-state index < -0.39 is 17.7 Å². The molecule has 1 fully saturated rings. The summed E-state index contributed by atoms with van der Waals surface area (Å²) in [6.45, 7) is 2.46. The summed E-state index contributed by atoms with van der Waals surface area (Å²) in [6, 6.07) is 8.68. The van der Waals surface area contributed by atoms with Crippen molar-refractivity contribution < 1.29 is 19.0 Å². The zero-order chi connectivity index (χ0) is 22.8. The molecule has 32 heavy (non-hydrogen) atoms. The van der Waals surface area contributed by atoms with Gasteiger partial charge in [-0.3, -0.25) is 4.79 Å². The number of hydrogen-bond donors (Lipinski definition) is 1. The van der Waals surface area contributed by atoms with E-state index in [1.165, 1.54) is 0 Å². The van der Waals surface area contributed by atoms with Gasteiger partial charge >= 0.3 is 0 Å². The van der Waals surface area contributed by atoms with Gasteiger partial charge in [-0.25, -0.2) is 0 Å². The Morgan fingerprint density at radius 2 is 2.00 bits per heavy atom. The van der Waals surface area contributed by atoms with E-state index in [0.717, 1.165) is 5.56 Å². The minimum absolute atomic E-state index is 0.0927. The number of rotatable bonds is 3. The predicted molar refractivity (Wildman–Crippen MR) is 124 cm³/mol. The van der Waals surface area contributed by atoms with Crippen molar-refractivity contribution in [3.05, 3.63) is 51.5 Å². The highest BCUT2D eigenvalue weighted by molar-refractivity contribution is 7.80. The number of carbonyl (C=O) groups is 1. The first-order chi connectivity index (χ1) is 15.2. The van der Waals surface area contributed by atoms with Crippen LogP contribution < -0.4 is 19.5 Å². The molecule has 0 saturated carbocycles. The first-order valence-corrected chi connectivity index (χ1v) is 11.2. The number of carbonyl (C=O) groups excluding carboxylic acids is 1. The molecule has 3 aliphatic rings. The maximum Gasteiger partial charge on any atom is 0.233 e. The summed E-state index contributed by atoms with van der Waals surface area (Å²) in [7, 11) is 3.45. The van der Waals surface area contributed by atoms with Gasteiger partial charge in [0.15, 0.2) is 22.3 Å². The molecule has 1 amide bonds. The molecule has 0 aliphatic carbocycles. The minimum Gasteiger partial charge on any atom is -0.465 e. The van der Waals surface area contributed by atoms with E-state index in [-0.39, 0.29) is 12.7 Å². The third kappa shape index (κ3) is 3.24. The van der Waals surface area contributed by atoms with Crippen LogP contribution in [0.5, 0.6) is 17.2 Å². The van der Waals surface area contributed by atoms with Gasteiger partial charge in [0.05, 0.1) is 11.1 Å². The van der Waals surface area contributed by atoms with Crippen molar-refractivity contribution in [3.8, 4) is 17.2 Å². The molecule has 0 unspecified atom stereocenters.